The summed E-state index contributed by atoms with van der Waals surface area (Å²) < 4.78 is 48.9. The molecule has 3 aromatic rings. The quantitative estimate of drug-likeness (QED) is 0.773. The molecule has 0 bridgehead atoms. The fraction of sp³-hybridized carbons (Fsp3) is 0.176. The van der Waals surface area contributed by atoms with E-state index in [9.17, 15) is 14.3 Å². The van der Waals surface area contributed by atoms with Gasteiger partial charge in [-0.3, -0.25) is 4.79 Å². The average Bonchev–Trinajstić information content (AvgIpc) is 3.11. The SMILES string of the molecule is CN1C(=O)C(O)(C(F)(F)c2nc3ccccc3o2)c2cc(F)ccc21. The van der Waals surface area contributed by atoms with Gasteiger partial charge in [-0.25, -0.2) is 9.37 Å². The van der Waals surface area contributed by atoms with E-state index >= 15 is 8.78 Å². The molecular weight excluding hydrogens is 337 g/mol. The second-order valence-electron chi connectivity index (χ2n) is 5.80. The Morgan fingerprint density at radius 2 is 1.96 bits per heavy atom. The molecule has 0 saturated carbocycles. The van der Waals surface area contributed by atoms with E-state index in [0.29, 0.717) is 6.07 Å². The van der Waals surface area contributed by atoms with Gasteiger partial charge in [0.05, 0.1) is 5.69 Å². The third kappa shape index (κ3) is 1.88. The number of halogens is 3. The van der Waals surface area contributed by atoms with Crippen LogP contribution in [0.4, 0.5) is 18.9 Å². The van der Waals surface area contributed by atoms with Gasteiger partial charge in [-0.2, -0.15) is 8.78 Å². The maximum atomic E-state index is 15.1. The molecule has 0 fully saturated rings. The number of carbonyl (C=O) groups is 1. The molecule has 1 aliphatic heterocycles. The minimum absolute atomic E-state index is 0.00955. The van der Waals surface area contributed by atoms with E-state index in [4.69, 9.17) is 4.42 Å². The van der Waals surface area contributed by atoms with Crippen LogP contribution < -0.4 is 4.90 Å². The third-order valence-electron chi connectivity index (χ3n) is 4.34. The van der Waals surface area contributed by atoms with Gasteiger partial charge in [-0.15, -0.1) is 0 Å². The summed E-state index contributed by atoms with van der Waals surface area (Å²) in [5.41, 5.74) is -3.63. The standard InChI is InChI=1S/C17H11F3N2O3/c1-22-12-7-6-9(18)8-10(12)16(24,15(22)23)17(19,20)14-21-11-4-2-3-5-13(11)25-14/h2-8,24H,1H3. The Morgan fingerprint density at radius 1 is 1.24 bits per heavy atom. The van der Waals surface area contributed by atoms with Crippen molar-refractivity contribution in [2.45, 2.75) is 11.5 Å². The Kier molecular flexibility index (Phi) is 3.02. The van der Waals surface area contributed by atoms with Crippen LogP contribution in [-0.2, 0) is 16.3 Å². The molecule has 4 rings (SSSR count). The summed E-state index contributed by atoms with van der Waals surface area (Å²) in [5.74, 6) is -7.47. The summed E-state index contributed by atoms with van der Waals surface area (Å²) in [6.45, 7) is 0. The van der Waals surface area contributed by atoms with Crippen LogP contribution >= 0.6 is 0 Å². The van der Waals surface area contributed by atoms with Crippen molar-refractivity contribution in [2.75, 3.05) is 11.9 Å². The lowest BCUT2D eigenvalue weighted by Gasteiger charge is -2.28. The zero-order valence-electron chi connectivity index (χ0n) is 12.8. The van der Waals surface area contributed by atoms with Gasteiger partial charge in [0.15, 0.2) is 5.58 Å². The summed E-state index contributed by atoms with van der Waals surface area (Å²) in [5, 5.41) is 10.7. The molecule has 0 aliphatic carbocycles. The second-order valence-corrected chi connectivity index (χ2v) is 5.80. The molecule has 2 aromatic carbocycles. The number of aromatic nitrogens is 1. The lowest BCUT2D eigenvalue weighted by molar-refractivity contribution is -0.204. The van der Waals surface area contributed by atoms with Gasteiger partial charge in [-0.1, -0.05) is 12.1 Å². The number of hydrogen-bond donors (Lipinski definition) is 1. The zero-order chi connectivity index (χ0) is 18.0. The van der Waals surface area contributed by atoms with Crippen molar-refractivity contribution in [3.8, 4) is 0 Å². The minimum Gasteiger partial charge on any atom is -0.435 e. The van der Waals surface area contributed by atoms with Gasteiger partial charge in [-0.05, 0) is 30.3 Å². The average molecular weight is 348 g/mol. The first kappa shape index (κ1) is 15.6. The minimum atomic E-state index is -4.21. The monoisotopic (exact) mass is 348 g/mol. The van der Waals surface area contributed by atoms with Crippen molar-refractivity contribution in [1.82, 2.24) is 4.98 Å². The highest BCUT2D eigenvalue weighted by atomic mass is 19.3. The maximum Gasteiger partial charge on any atom is 0.363 e. The topological polar surface area (TPSA) is 66.6 Å². The van der Waals surface area contributed by atoms with E-state index in [1.165, 1.54) is 19.2 Å². The van der Waals surface area contributed by atoms with Crippen LogP contribution in [0.15, 0.2) is 46.9 Å². The van der Waals surface area contributed by atoms with E-state index in [0.717, 1.165) is 17.0 Å². The first-order valence-corrected chi connectivity index (χ1v) is 7.31. The van der Waals surface area contributed by atoms with E-state index in [-0.39, 0.29) is 16.8 Å². The molecule has 1 unspecified atom stereocenters. The van der Waals surface area contributed by atoms with Crippen molar-refractivity contribution < 1.29 is 27.5 Å². The number of alkyl halides is 2. The number of nitrogens with zero attached hydrogens (tertiary/aromatic N) is 2. The number of oxazole rings is 1. The van der Waals surface area contributed by atoms with Crippen LogP contribution in [0.2, 0.25) is 0 Å². The van der Waals surface area contributed by atoms with Crippen molar-refractivity contribution >= 4 is 22.7 Å². The molecule has 8 heteroatoms. The highest BCUT2D eigenvalue weighted by molar-refractivity contribution is 6.07. The summed E-state index contributed by atoms with van der Waals surface area (Å²) in [4.78, 5) is 17.0. The van der Waals surface area contributed by atoms with Crippen molar-refractivity contribution in [2.24, 2.45) is 0 Å². The normalized spacial score (nSPS) is 20.4. The Morgan fingerprint density at radius 3 is 2.68 bits per heavy atom. The second kappa shape index (κ2) is 4.82. The van der Waals surface area contributed by atoms with E-state index < -0.39 is 34.7 Å². The first-order valence-electron chi connectivity index (χ1n) is 7.31. The number of likely N-dealkylation sites (N-methyl/N-ethyl adjacent to an activating group) is 1. The van der Waals surface area contributed by atoms with Gasteiger partial charge in [0.25, 0.3) is 11.8 Å². The number of aliphatic hydroxyl groups is 1. The van der Waals surface area contributed by atoms with Gasteiger partial charge in [0, 0.05) is 12.6 Å². The molecule has 0 spiro atoms. The Bertz CT molecular complexity index is 984. The fourth-order valence-corrected chi connectivity index (χ4v) is 3.02. The van der Waals surface area contributed by atoms with Gasteiger partial charge >= 0.3 is 5.92 Å². The maximum absolute atomic E-state index is 15.1. The molecular formula is C17H11F3N2O3. The highest BCUT2D eigenvalue weighted by Gasteiger charge is 2.68. The van der Waals surface area contributed by atoms with Crippen LogP contribution in [0.25, 0.3) is 11.1 Å². The predicted molar refractivity (Wildman–Crippen MR) is 81.6 cm³/mol. The van der Waals surface area contributed by atoms with E-state index in [2.05, 4.69) is 4.98 Å². The molecule has 5 nitrogen and oxygen atoms in total. The van der Waals surface area contributed by atoms with Crippen molar-refractivity contribution in [3.05, 3.63) is 59.7 Å². The lowest BCUT2D eigenvalue weighted by atomic mass is 9.88. The number of hydrogen-bond acceptors (Lipinski definition) is 4. The Balaban J connectivity index is 1.95. The molecule has 1 aromatic heterocycles. The molecule has 1 N–H and O–H groups in total. The molecule has 1 atom stereocenters. The Hall–Kier alpha value is -2.87. The highest BCUT2D eigenvalue weighted by Crippen LogP contribution is 2.53. The molecule has 0 saturated heterocycles. The number of para-hydroxylation sites is 2. The van der Waals surface area contributed by atoms with E-state index in [1.54, 1.807) is 12.1 Å². The fourth-order valence-electron chi connectivity index (χ4n) is 3.02. The summed E-state index contributed by atoms with van der Waals surface area (Å²) in [7, 11) is 1.22. The molecule has 1 aliphatic rings. The van der Waals surface area contributed by atoms with Crippen molar-refractivity contribution in [3.63, 3.8) is 0 Å². The number of carbonyl (C=O) groups excluding carboxylic acids is 1. The number of anilines is 1. The number of rotatable bonds is 2. The van der Waals surface area contributed by atoms with Gasteiger partial charge < -0.3 is 14.4 Å². The lowest BCUT2D eigenvalue weighted by Crippen LogP contribution is -2.50. The molecule has 1 amide bonds. The molecule has 25 heavy (non-hydrogen) atoms. The van der Waals surface area contributed by atoms with E-state index in [1.807, 2.05) is 0 Å². The van der Waals surface area contributed by atoms with Gasteiger partial charge in [0.2, 0.25) is 5.60 Å². The largest absolute Gasteiger partial charge is 0.435 e. The molecule has 0 radical (unpaired) electrons. The first-order chi connectivity index (χ1) is 11.8. The van der Waals surface area contributed by atoms with Crippen LogP contribution in [0, 0.1) is 5.82 Å². The summed E-state index contributed by atoms with van der Waals surface area (Å²) in [6.07, 6.45) is 0. The summed E-state index contributed by atoms with van der Waals surface area (Å²) in [6, 6.07) is 8.94. The zero-order valence-corrected chi connectivity index (χ0v) is 12.8. The van der Waals surface area contributed by atoms with Crippen LogP contribution in [0.1, 0.15) is 11.5 Å². The van der Waals surface area contributed by atoms with Crippen LogP contribution in [0.3, 0.4) is 0 Å². The summed E-state index contributed by atoms with van der Waals surface area (Å²) >= 11 is 0. The Labute approximate surface area is 139 Å². The molecule has 128 valence electrons. The number of amides is 1. The van der Waals surface area contributed by atoms with Gasteiger partial charge in [0.1, 0.15) is 11.3 Å². The number of benzene rings is 2. The van der Waals surface area contributed by atoms with Crippen LogP contribution in [-0.4, -0.2) is 23.0 Å². The van der Waals surface area contributed by atoms with Crippen molar-refractivity contribution in [1.29, 1.82) is 0 Å². The van der Waals surface area contributed by atoms with Crippen LogP contribution in [0.5, 0.6) is 0 Å². The third-order valence-corrected chi connectivity index (χ3v) is 4.34. The smallest absolute Gasteiger partial charge is 0.363 e. The molecule has 2 heterocycles. The predicted octanol–water partition coefficient (Wildman–Crippen LogP) is 2.92. The number of fused-ring (bicyclic) bond motifs is 2.